The molecule has 0 unspecified atom stereocenters. The fraction of sp³-hybridized carbons (Fsp3) is 0.105. The maximum absolute atomic E-state index is 12.4. The first-order valence-corrected chi connectivity index (χ1v) is 9.21. The SMILES string of the molecule is Cc1c(Cl)cccc1NC(=O)c1cc(COc2ccc([N+](=O)[O-])cc2)cs1. The van der Waals surface area contributed by atoms with Gasteiger partial charge >= 0.3 is 0 Å². The van der Waals surface area contributed by atoms with Crippen molar-refractivity contribution in [3.63, 3.8) is 0 Å². The Kier molecular flexibility index (Phi) is 5.73. The Labute approximate surface area is 164 Å². The van der Waals surface area contributed by atoms with E-state index >= 15 is 0 Å². The van der Waals surface area contributed by atoms with Crippen molar-refractivity contribution in [1.29, 1.82) is 0 Å². The predicted molar refractivity (Wildman–Crippen MR) is 106 cm³/mol. The Bertz CT molecular complexity index is 986. The fourth-order valence-corrected chi connectivity index (χ4v) is 3.29. The van der Waals surface area contributed by atoms with Crippen molar-refractivity contribution in [3.05, 3.63) is 85.1 Å². The highest BCUT2D eigenvalue weighted by Crippen LogP contribution is 2.25. The number of nitrogens with one attached hydrogen (secondary N) is 1. The number of anilines is 1. The summed E-state index contributed by atoms with van der Waals surface area (Å²) in [6.45, 7) is 2.10. The van der Waals surface area contributed by atoms with Crippen molar-refractivity contribution in [2.45, 2.75) is 13.5 Å². The quantitative estimate of drug-likeness (QED) is 0.439. The molecule has 0 aliphatic heterocycles. The normalized spacial score (nSPS) is 10.4. The van der Waals surface area contributed by atoms with Crippen molar-refractivity contribution in [2.75, 3.05) is 5.32 Å². The van der Waals surface area contributed by atoms with Gasteiger partial charge in [-0.3, -0.25) is 14.9 Å². The first-order valence-electron chi connectivity index (χ1n) is 7.95. The summed E-state index contributed by atoms with van der Waals surface area (Å²) in [7, 11) is 0. The first-order chi connectivity index (χ1) is 12.9. The molecule has 0 aliphatic carbocycles. The molecule has 0 atom stereocenters. The molecule has 8 heteroatoms. The number of nitro groups is 1. The summed E-state index contributed by atoms with van der Waals surface area (Å²) in [5.41, 5.74) is 2.33. The van der Waals surface area contributed by atoms with E-state index in [0.29, 0.717) is 21.3 Å². The second-order valence-corrected chi connectivity index (χ2v) is 7.04. The lowest BCUT2D eigenvalue weighted by molar-refractivity contribution is -0.384. The molecule has 3 aromatic rings. The average Bonchev–Trinajstić information content (AvgIpc) is 3.13. The van der Waals surface area contributed by atoms with Crippen LogP contribution in [0.4, 0.5) is 11.4 Å². The number of nitro benzene ring substituents is 1. The summed E-state index contributed by atoms with van der Waals surface area (Å²) in [5.74, 6) is 0.305. The zero-order valence-corrected chi connectivity index (χ0v) is 15.8. The average molecular weight is 403 g/mol. The van der Waals surface area contributed by atoms with E-state index in [1.54, 1.807) is 36.4 Å². The summed E-state index contributed by atoms with van der Waals surface area (Å²) in [4.78, 5) is 23.2. The van der Waals surface area contributed by atoms with E-state index in [2.05, 4.69) is 5.32 Å². The minimum absolute atomic E-state index is 0.00755. The summed E-state index contributed by atoms with van der Waals surface area (Å²) in [6.07, 6.45) is 0. The number of amides is 1. The van der Waals surface area contributed by atoms with Gasteiger partial charge in [-0.2, -0.15) is 0 Å². The molecule has 1 N–H and O–H groups in total. The lowest BCUT2D eigenvalue weighted by Crippen LogP contribution is -2.11. The monoisotopic (exact) mass is 402 g/mol. The summed E-state index contributed by atoms with van der Waals surface area (Å²) in [5, 5.41) is 15.9. The molecule has 3 rings (SSSR count). The van der Waals surface area contributed by atoms with Gasteiger partial charge in [0.15, 0.2) is 0 Å². The minimum atomic E-state index is -0.463. The maximum Gasteiger partial charge on any atom is 0.269 e. The minimum Gasteiger partial charge on any atom is -0.489 e. The van der Waals surface area contributed by atoms with Gasteiger partial charge in [-0.1, -0.05) is 17.7 Å². The van der Waals surface area contributed by atoms with Gasteiger partial charge in [-0.25, -0.2) is 0 Å². The van der Waals surface area contributed by atoms with E-state index in [4.69, 9.17) is 16.3 Å². The van der Waals surface area contributed by atoms with Gasteiger partial charge in [0.25, 0.3) is 11.6 Å². The number of benzene rings is 2. The summed E-state index contributed by atoms with van der Waals surface area (Å²) < 4.78 is 5.61. The fourth-order valence-electron chi connectivity index (χ4n) is 2.33. The van der Waals surface area contributed by atoms with Crippen molar-refractivity contribution in [3.8, 4) is 5.75 Å². The molecule has 1 aromatic heterocycles. The smallest absolute Gasteiger partial charge is 0.269 e. The topological polar surface area (TPSA) is 81.5 Å². The number of halogens is 1. The van der Waals surface area contributed by atoms with Gasteiger partial charge in [0.05, 0.1) is 9.80 Å². The lowest BCUT2D eigenvalue weighted by Gasteiger charge is -2.08. The number of thiophene rings is 1. The highest BCUT2D eigenvalue weighted by Gasteiger charge is 2.12. The third kappa shape index (κ3) is 4.64. The number of nitrogens with zero attached hydrogens (tertiary/aromatic N) is 1. The van der Waals surface area contributed by atoms with Gasteiger partial charge in [-0.15, -0.1) is 11.3 Å². The Balaban J connectivity index is 1.61. The van der Waals surface area contributed by atoms with E-state index in [1.807, 2.05) is 12.3 Å². The van der Waals surface area contributed by atoms with E-state index < -0.39 is 4.92 Å². The number of ether oxygens (including phenoxy) is 1. The van der Waals surface area contributed by atoms with Gasteiger partial charge < -0.3 is 10.1 Å². The summed E-state index contributed by atoms with van der Waals surface area (Å²) in [6, 6.07) is 13.0. The van der Waals surface area contributed by atoms with Crippen LogP contribution in [0.25, 0.3) is 0 Å². The lowest BCUT2D eigenvalue weighted by atomic mass is 10.2. The van der Waals surface area contributed by atoms with E-state index in [-0.39, 0.29) is 18.2 Å². The van der Waals surface area contributed by atoms with Crippen LogP contribution in [0.5, 0.6) is 5.75 Å². The Morgan fingerprint density at radius 1 is 1.26 bits per heavy atom. The zero-order chi connectivity index (χ0) is 19.4. The molecule has 0 fully saturated rings. The molecular formula is C19H15ClN2O4S. The van der Waals surface area contributed by atoms with Gasteiger partial charge in [-0.05, 0) is 48.2 Å². The van der Waals surface area contributed by atoms with Crippen LogP contribution in [0.2, 0.25) is 5.02 Å². The van der Waals surface area contributed by atoms with Crippen molar-refractivity contribution in [1.82, 2.24) is 0 Å². The highest BCUT2D eigenvalue weighted by atomic mass is 35.5. The van der Waals surface area contributed by atoms with Crippen LogP contribution in [0.1, 0.15) is 20.8 Å². The Hall–Kier alpha value is -2.90. The molecule has 0 aliphatic rings. The highest BCUT2D eigenvalue weighted by molar-refractivity contribution is 7.12. The molecule has 0 bridgehead atoms. The van der Waals surface area contributed by atoms with Gasteiger partial charge in [0.1, 0.15) is 12.4 Å². The molecule has 0 saturated carbocycles. The van der Waals surface area contributed by atoms with Crippen LogP contribution in [0.3, 0.4) is 0 Å². The van der Waals surface area contributed by atoms with Crippen molar-refractivity contribution >= 4 is 40.2 Å². The molecule has 0 radical (unpaired) electrons. The number of carbonyl (C=O) groups is 1. The second kappa shape index (κ2) is 8.20. The largest absolute Gasteiger partial charge is 0.489 e. The molecule has 2 aromatic carbocycles. The number of hydrogen-bond donors (Lipinski definition) is 1. The van der Waals surface area contributed by atoms with Crippen LogP contribution < -0.4 is 10.1 Å². The van der Waals surface area contributed by atoms with Crippen molar-refractivity contribution in [2.24, 2.45) is 0 Å². The summed E-state index contributed by atoms with van der Waals surface area (Å²) >= 11 is 7.39. The van der Waals surface area contributed by atoms with E-state index in [9.17, 15) is 14.9 Å². The van der Waals surface area contributed by atoms with Crippen LogP contribution in [-0.4, -0.2) is 10.8 Å². The van der Waals surface area contributed by atoms with Crippen LogP contribution in [0.15, 0.2) is 53.9 Å². The number of rotatable bonds is 6. The molecule has 1 amide bonds. The number of carbonyl (C=O) groups excluding carboxylic acids is 1. The van der Waals surface area contributed by atoms with Gasteiger partial charge in [0, 0.05) is 28.4 Å². The Morgan fingerprint density at radius 2 is 2.00 bits per heavy atom. The van der Waals surface area contributed by atoms with Gasteiger partial charge in [0.2, 0.25) is 0 Å². The van der Waals surface area contributed by atoms with E-state index in [0.717, 1.165) is 11.1 Å². The van der Waals surface area contributed by atoms with Crippen LogP contribution in [-0.2, 0) is 6.61 Å². The molecule has 27 heavy (non-hydrogen) atoms. The molecule has 0 spiro atoms. The standard InChI is InChI=1S/C19H15ClN2O4S/c1-12-16(20)3-2-4-17(12)21-19(23)18-9-13(11-27-18)10-26-15-7-5-14(6-8-15)22(24)25/h2-9,11H,10H2,1H3,(H,21,23). The third-order valence-corrected chi connectivity index (χ3v) is 5.23. The molecular weight excluding hydrogens is 388 g/mol. The number of hydrogen-bond acceptors (Lipinski definition) is 5. The predicted octanol–water partition coefficient (Wildman–Crippen LogP) is 5.45. The van der Waals surface area contributed by atoms with E-state index in [1.165, 1.54) is 23.5 Å². The van der Waals surface area contributed by atoms with Crippen molar-refractivity contribution < 1.29 is 14.5 Å². The molecule has 1 heterocycles. The Morgan fingerprint density at radius 3 is 2.70 bits per heavy atom. The zero-order valence-electron chi connectivity index (χ0n) is 14.3. The van der Waals surface area contributed by atoms with Crippen LogP contribution in [0, 0.1) is 17.0 Å². The molecule has 6 nitrogen and oxygen atoms in total. The van der Waals surface area contributed by atoms with Crippen LogP contribution >= 0.6 is 22.9 Å². The molecule has 0 saturated heterocycles. The number of non-ortho nitro benzene ring substituents is 1. The molecule has 138 valence electrons. The second-order valence-electron chi connectivity index (χ2n) is 5.73. The third-order valence-electron chi connectivity index (χ3n) is 3.85. The first kappa shape index (κ1) is 18.9. The maximum atomic E-state index is 12.4.